The zero-order chi connectivity index (χ0) is 21.7. The number of aryl methyl sites for hydroxylation is 1. The zero-order valence-corrected chi connectivity index (χ0v) is 17.0. The Morgan fingerprint density at radius 1 is 1.20 bits per heavy atom. The van der Waals surface area contributed by atoms with Crippen LogP contribution in [-0.4, -0.2) is 29.4 Å². The van der Waals surface area contributed by atoms with E-state index >= 15 is 0 Å². The third kappa shape index (κ3) is 5.56. The van der Waals surface area contributed by atoms with Gasteiger partial charge in [0, 0.05) is 12.1 Å². The number of hydrogen-bond acceptors (Lipinski definition) is 6. The average molecular weight is 411 g/mol. The standard InChI is InChI=1S/C22H25N3O5/c1-3-15-4-6-16(7-5-15)14(2)23-21(26)13-30-22(27)17-8-11-19(24-18-9-10-18)20(12-17)25(28)29/h4-8,11-12,14,18,24H,3,9-10,13H2,1-2H3,(H,23,26)/t14-/m0/s1. The van der Waals surface area contributed by atoms with Crippen LogP contribution in [0.15, 0.2) is 42.5 Å². The first-order chi connectivity index (χ1) is 14.4. The van der Waals surface area contributed by atoms with Gasteiger partial charge in [0.25, 0.3) is 11.6 Å². The topological polar surface area (TPSA) is 111 Å². The van der Waals surface area contributed by atoms with Crippen molar-refractivity contribution in [3.8, 4) is 0 Å². The molecular formula is C22H25N3O5. The van der Waals surface area contributed by atoms with Gasteiger partial charge in [-0.25, -0.2) is 4.79 Å². The molecule has 3 rings (SSSR count). The molecule has 2 aromatic carbocycles. The van der Waals surface area contributed by atoms with Gasteiger partial charge in [-0.15, -0.1) is 0 Å². The Morgan fingerprint density at radius 2 is 1.90 bits per heavy atom. The summed E-state index contributed by atoms with van der Waals surface area (Å²) < 4.78 is 5.04. The first-order valence-corrected chi connectivity index (χ1v) is 9.97. The molecule has 1 atom stereocenters. The van der Waals surface area contributed by atoms with Crippen LogP contribution in [0.4, 0.5) is 11.4 Å². The summed E-state index contributed by atoms with van der Waals surface area (Å²) in [7, 11) is 0. The number of nitrogens with zero attached hydrogens (tertiary/aromatic N) is 1. The molecule has 1 saturated carbocycles. The van der Waals surface area contributed by atoms with Gasteiger partial charge >= 0.3 is 5.97 Å². The van der Waals surface area contributed by atoms with Gasteiger partial charge in [0.2, 0.25) is 0 Å². The van der Waals surface area contributed by atoms with Crippen molar-refractivity contribution in [2.75, 3.05) is 11.9 Å². The van der Waals surface area contributed by atoms with Crippen molar-refractivity contribution in [2.24, 2.45) is 0 Å². The van der Waals surface area contributed by atoms with E-state index in [9.17, 15) is 19.7 Å². The third-order valence-electron chi connectivity index (χ3n) is 4.97. The van der Waals surface area contributed by atoms with Crippen LogP contribution in [0, 0.1) is 10.1 Å². The van der Waals surface area contributed by atoms with E-state index in [1.807, 2.05) is 31.2 Å². The average Bonchev–Trinajstić information content (AvgIpc) is 3.56. The largest absolute Gasteiger partial charge is 0.452 e. The lowest BCUT2D eigenvalue weighted by Gasteiger charge is -2.15. The molecule has 158 valence electrons. The maximum Gasteiger partial charge on any atom is 0.338 e. The number of hydrogen-bond donors (Lipinski definition) is 2. The van der Waals surface area contributed by atoms with E-state index in [1.54, 1.807) is 0 Å². The molecule has 1 amide bonds. The fourth-order valence-corrected chi connectivity index (χ4v) is 3.00. The maximum atomic E-state index is 12.3. The summed E-state index contributed by atoms with van der Waals surface area (Å²) in [5.74, 6) is -1.23. The third-order valence-corrected chi connectivity index (χ3v) is 4.97. The molecule has 2 aromatic rings. The summed E-state index contributed by atoms with van der Waals surface area (Å²) in [5.41, 5.74) is 2.36. The molecule has 2 N–H and O–H groups in total. The lowest BCUT2D eigenvalue weighted by Crippen LogP contribution is -2.31. The quantitative estimate of drug-likeness (QED) is 0.369. The second-order valence-electron chi connectivity index (χ2n) is 7.37. The minimum Gasteiger partial charge on any atom is -0.452 e. The number of esters is 1. The van der Waals surface area contributed by atoms with Gasteiger partial charge in [0.1, 0.15) is 5.69 Å². The fraction of sp³-hybridized carbons (Fsp3) is 0.364. The summed E-state index contributed by atoms with van der Waals surface area (Å²) in [5, 5.41) is 17.2. The number of rotatable bonds is 9. The predicted molar refractivity (Wildman–Crippen MR) is 112 cm³/mol. The first kappa shape index (κ1) is 21.3. The van der Waals surface area contributed by atoms with Crippen molar-refractivity contribution in [2.45, 2.75) is 45.2 Å². The van der Waals surface area contributed by atoms with Gasteiger partial charge in [-0.3, -0.25) is 14.9 Å². The Balaban J connectivity index is 1.55. The Morgan fingerprint density at radius 3 is 2.50 bits per heavy atom. The van der Waals surface area contributed by atoms with E-state index in [4.69, 9.17) is 4.74 Å². The lowest BCUT2D eigenvalue weighted by molar-refractivity contribution is -0.384. The number of carbonyl (C=O) groups excluding carboxylic acids is 2. The molecule has 0 saturated heterocycles. The van der Waals surface area contributed by atoms with E-state index < -0.39 is 23.4 Å². The summed E-state index contributed by atoms with van der Waals surface area (Å²) in [6.45, 7) is 3.45. The van der Waals surface area contributed by atoms with Gasteiger partial charge in [-0.05, 0) is 49.4 Å². The zero-order valence-electron chi connectivity index (χ0n) is 17.0. The van der Waals surface area contributed by atoms with Crippen LogP contribution in [0.1, 0.15) is 54.2 Å². The monoisotopic (exact) mass is 411 g/mol. The molecule has 8 nitrogen and oxygen atoms in total. The number of benzene rings is 2. The van der Waals surface area contributed by atoms with Crippen molar-refractivity contribution in [1.29, 1.82) is 0 Å². The summed E-state index contributed by atoms with van der Waals surface area (Å²) in [4.78, 5) is 35.2. The molecule has 0 spiro atoms. The van der Waals surface area contributed by atoms with Crippen molar-refractivity contribution in [1.82, 2.24) is 5.32 Å². The summed E-state index contributed by atoms with van der Waals surface area (Å²) in [6.07, 6.45) is 2.88. The summed E-state index contributed by atoms with van der Waals surface area (Å²) >= 11 is 0. The molecule has 0 bridgehead atoms. The normalized spacial score (nSPS) is 13.9. The van der Waals surface area contributed by atoms with E-state index in [0.717, 1.165) is 24.8 Å². The minimum absolute atomic E-state index is 0.0269. The van der Waals surface area contributed by atoms with Crippen LogP contribution in [0.3, 0.4) is 0 Å². The number of carbonyl (C=O) groups is 2. The second-order valence-corrected chi connectivity index (χ2v) is 7.37. The molecule has 0 aliphatic heterocycles. The van der Waals surface area contributed by atoms with Crippen LogP contribution in [0.2, 0.25) is 0 Å². The maximum absolute atomic E-state index is 12.3. The van der Waals surface area contributed by atoms with E-state index in [2.05, 4.69) is 17.6 Å². The number of amides is 1. The van der Waals surface area contributed by atoms with Crippen LogP contribution < -0.4 is 10.6 Å². The highest BCUT2D eigenvalue weighted by atomic mass is 16.6. The fourth-order valence-electron chi connectivity index (χ4n) is 3.00. The number of nitrogens with one attached hydrogen (secondary N) is 2. The Labute approximate surface area is 174 Å². The van der Waals surface area contributed by atoms with Crippen LogP contribution in [0.25, 0.3) is 0 Å². The predicted octanol–water partition coefficient (Wildman–Crippen LogP) is 3.77. The van der Waals surface area contributed by atoms with Crippen LogP contribution in [-0.2, 0) is 16.0 Å². The van der Waals surface area contributed by atoms with Gasteiger partial charge < -0.3 is 15.4 Å². The highest BCUT2D eigenvalue weighted by Gasteiger charge is 2.26. The number of nitro benzene ring substituents is 1. The molecule has 0 unspecified atom stereocenters. The Hall–Kier alpha value is -3.42. The second kappa shape index (κ2) is 9.39. The Bertz CT molecular complexity index is 938. The van der Waals surface area contributed by atoms with Crippen molar-refractivity contribution >= 4 is 23.3 Å². The smallest absolute Gasteiger partial charge is 0.338 e. The molecule has 0 aromatic heterocycles. The van der Waals surface area contributed by atoms with E-state index in [0.29, 0.717) is 5.69 Å². The van der Waals surface area contributed by atoms with E-state index in [-0.39, 0.29) is 23.3 Å². The summed E-state index contributed by atoms with van der Waals surface area (Å²) in [6, 6.07) is 12.0. The number of nitro groups is 1. The van der Waals surface area contributed by atoms with Crippen molar-refractivity contribution < 1.29 is 19.2 Å². The minimum atomic E-state index is -0.786. The molecule has 1 aliphatic carbocycles. The molecule has 0 heterocycles. The Kier molecular flexibility index (Phi) is 6.66. The van der Waals surface area contributed by atoms with Crippen LogP contribution in [0.5, 0.6) is 0 Å². The lowest BCUT2D eigenvalue weighted by atomic mass is 10.1. The van der Waals surface area contributed by atoms with Gasteiger partial charge in [-0.1, -0.05) is 31.2 Å². The molecule has 1 aliphatic rings. The molecular weight excluding hydrogens is 386 g/mol. The first-order valence-electron chi connectivity index (χ1n) is 9.97. The molecule has 30 heavy (non-hydrogen) atoms. The van der Waals surface area contributed by atoms with Gasteiger partial charge in [0.05, 0.1) is 16.5 Å². The van der Waals surface area contributed by atoms with Crippen LogP contribution >= 0.6 is 0 Å². The molecule has 8 heteroatoms. The molecule has 1 fully saturated rings. The van der Waals surface area contributed by atoms with Crippen molar-refractivity contribution in [3.63, 3.8) is 0 Å². The van der Waals surface area contributed by atoms with Gasteiger partial charge in [0.15, 0.2) is 6.61 Å². The highest BCUT2D eigenvalue weighted by molar-refractivity contribution is 5.93. The molecule has 0 radical (unpaired) electrons. The number of ether oxygens (including phenoxy) is 1. The number of anilines is 1. The SMILES string of the molecule is CCc1ccc([C@H](C)NC(=O)COC(=O)c2ccc(NC3CC3)c([N+](=O)[O-])c2)cc1. The highest BCUT2D eigenvalue weighted by Crippen LogP contribution is 2.31. The van der Waals surface area contributed by atoms with E-state index in [1.165, 1.54) is 23.8 Å². The van der Waals surface area contributed by atoms with Gasteiger partial charge in [-0.2, -0.15) is 0 Å². The van der Waals surface area contributed by atoms with Crippen molar-refractivity contribution in [3.05, 3.63) is 69.3 Å².